The number of aromatic nitrogens is 3. The van der Waals surface area contributed by atoms with Crippen LogP contribution in [0.2, 0.25) is 0 Å². The number of nitrogens with one attached hydrogen (secondary N) is 1. The molecule has 0 fully saturated rings. The van der Waals surface area contributed by atoms with Crippen LogP contribution in [-0.4, -0.2) is 22.5 Å². The van der Waals surface area contributed by atoms with Gasteiger partial charge in [0.05, 0.1) is 6.54 Å². The maximum absolute atomic E-state index is 5.07. The van der Waals surface area contributed by atoms with E-state index in [0.717, 1.165) is 28.0 Å². The lowest BCUT2D eigenvalue weighted by atomic mass is 10.4. The molecule has 0 spiro atoms. The second-order valence-electron chi connectivity index (χ2n) is 3.43. The van der Waals surface area contributed by atoms with E-state index < -0.39 is 0 Å². The molecule has 2 heterocycles. The van der Waals surface area contributed by atoms with E-state index in [-0.39, 0.29) is 0 Å². The van der Waals surface area contributed by atoms with Gasteiger partial charge in [-0.1, -0.05) is 23.4 Å². The molecule has 0 aliphatic carbocycles. The molecule has 0 aliphatic rings. The first-order chi connectivity index (χ1) is 8.31. The summed E-state index contributed by atoms with van der Waals surface area (Å²) in [6, 6.07) is 1.86. The lowest BCUT2D eigenvalue weighted by Crippen LogP contribution is -1.98. The minimum absolute atomic E-state index is 0.436. The van der Waals surface area contributed by atoms with Crippen LogP contribution in [0.25, 0.3) is 0 Å². The number of nitrogens with zero attached hydrogens (tertiary/aromatic N) is 3. The van der Waals surface area contributed by atoms with E-state index in [2.05, 4.69) is 27.6 Å². The highest BCUT2D eigenvalue weighted by Gasteiger charge is 2.05. The molecular weight excluding hydrogens is 240 g/mol. The molecule has 92 valence electrons. The highest BCUT2D eigenvalue weighted by Crippen LogP contribution is 2.16. The first kappa shape index (κ1) is 12.0. The maximum Gasteiger partial charge on any atom is 0.205 e. The van der Waals surface area contributed by atoms with Crippen molar-refractivity contribution in [3.63, 3.8) is 0 Å². The van der Waals surface area contributed by atoms with Gasteiger partial charge in [-0.05, 0) is 6.42 Å². The zero-order valence-electron chi connectivity index (χ0n) is 9.77. The van der Waals surface area contributed by atoms with E-state index >= 15 is 0 Å². The number of hydrogen-bond acceptors (Lipinski definition) is 7. The number of hydrogen-bond donors (Lipinski definition) is 1. The molecule has 0 bridgehead atoms. The molecule has 0 atom stereocenters. The summed E-state index contributed by atoms with van der Waals surface area (Å²) in [6.45, 7) is 3.07. The smallest absolute Gasteiger partial charge is 0.205 e. The predicted octanol–water partition coefficient (Wildman–Crippen LogP) is 1.85. The van der Waals surface area contributed by atoms with Gasteiger partial charge in [0.1, 0.15) is 17.3 Å². The fourth-order valence-corrected chi connectivity index (χ4v) is 1.96. The van der Waals surface area contributed by atoms with Gasteiger partial charge < -0.3 is 14.6 Å². The van der Waals surface area contributed by atoms with Gasteiger partial charge in [0.2, 0.25) is 5.13 Å². The summed E-state index contributed by atoms with van der Waals surface area (Å²) < 4.78 is 10.0. The average molecular weight is 254 g/mol. The van der Waals surface area contributed by atoms with E-state index in [1.165, 1.54) is 0 Å². The van der Waals surface area contributed by atoms with Crippen LogP contribution >= 0.6 is 11.3 Å². The largest absolute Gasteiger partial charge is 0.377 e. The van der Waals surface area contributed by atoms with E-state index in [1.54, 1.807) is 18.4 Å². The average Bonchev–Trinajstić information content (AvgIpc) is 2.95. The maximum atomic E-state index is 5.07. The van der Waals surface area contributed by atoms with Crippen molar-refractivity contribution in [1.82, 2.24) is 15.4 Å². The summed E-state index contributed by atoms with van der Waals surface area (Å²) in [5.74, 6) is 0.718. The second kappa shape index (κ2) is 5.74. The monoisotopic (exact) mass is 254 g/mol. The summed E-state index contributed by atoms with van der Waals surface area (Å²) in [5, 5.41) is 16.9. The van der Waals surface area contributed by atoms with Crippen molar-refractivity contribution in [3.05, 3.63) is 22.5 Å². The lowest BCUT2D eigenvalue weighted by Gasteiger charge is -1.95. The van der Waals surface area contributed by atoms with Crippen molar-refractivity contribution in [2.24, 2.45) is 0 Å². The van der Waals surface area contributed by atoms with Crippen LogP contribution < -0.4 is 5.32 Å². The van der Waals surface area contributed by atoms with Crippen LogP contribution in [0.3, 0.4) is 0 Å². The molecule has 17 heavy (non-hydrogen) atoms. The van der Waals surface area contributed by atoms with E-state index in [0.29, 0.717) is 13.2 Å². The molecule has 0 unspecified atom stereocenters. The summed E-state index contributed by atoms with van der Waals surface area (Å²) in [5.41, 5.74) is 0.824. The summed E-state index contributed by atoms with van der Waals surface area (Å²) in [7, 11) is 1.62. The molecule has 0 amide bonds. The fraction of sp³-hybridized carbons (Fsp3) is 0.500. The Bertz CT molecular complexity index is 468. The normalized spacial score (nSPS) is 10.7. The molecule has 7 heteroatoms. The van der Waals surface area contributed by atoms with Crippen LogP contribution in [0.1, 0.15) is 23.4 Å². The Morgan fingerprint density at radius 2 is 2.35 bits per heavy atom. The highest BCUT2D eigenvalue weighted by molar-refractivity contribution is 7.15. The zero-order valence-corrected chi connectivity index (χ0v) is 10.6. The fourth-order valence-electron chi connectivity index (χ4n) is 1.28. The molecule has 6 nitrogen and oxygen atoms in total. The molecule has 0 saturated carbocycles. The van der Waals surface area contributed by atoms with Crippen molar-refractivity contribution in [2.45, 2.75) is 26.5 Å². The number of rotatable bonds is 6. The molecule has 0 radical (unpaired) electrons. The summed E-state index contributed by atoms with van der Waals surface area (Å²) in [6.07, 6.45) is 0.904. The third kappa shape index (κ3) is 3.24. The molecule has 0 saturated heterocycles. The lowest BCUT2D eigenvalue weighted by molar-refractivity contribution is 0.156. The van der Waals surface area contributed by atoms with Crippen LogP contribution in [0.4, 0.5) is 5.13 Å². The first-order valence-electron chi connectivity index (χ1n) is 5.31. The standard InChI is InChI=1S/C10H14N4O2S/c1-3-9-12-13-10(17-9)11-5-7-4-8(6-15-2)16-14-7/h4H,3,5-6H2,1-2H3,(H,11,13). The zero-order chi connectivity index (χ0) is 12.1. The van der Waals surface area contributed by atoms with Gasteiger partial charge in [-0.3, -0.25) is 0 Å². The topological polar surface area (TPSA) is 73.1 Å². The van der Waals surface area contributed by atoms with Crippen molar-refractivity contribution in [2.75, 3.05) is 12.4 Å². The Labute approximate surface area is 103 Å². The Morgan fingerprint density at radius 3 is 3.06 bits per heavy atom. The van der Waals surface area contributed by atoms with Crippen molar-refractivity contribution in [3.8, 4) is 0 Å². The first-order valence-corrected chi connectivity index (χ1v) is 6.13. The molecule has 1 N–H and O–H groups in total. The van der Waals surface area contributed by atoms with Crippen LogP contribution in [0.5, 0.6) is 0 Å². The number of ether oxygens (including phenoxy) is 1. The van der Waals surface area contributed by atoms with Crippen LogP contribution in [-0.2, 0) is 24.3 Å². The third-order valence-corrected chi connectivity index (χ3v) is 3.11. The van der Waals surface area contributed by atoms with Crippen LogP contribution in [0.15, 0.2) is 10.6 Å². The Morgan fingerprint density at radius 1 is 1.47 bits per heavy atom. The van der Waals surface area contributed by atoms with Gasteiger partial charge in [0.25, 0.3) is 0 Å². The van der Waals surface area contributed by atoms with Crippen molar-refractivity contribution in [1.29, 1.82) is 0 Å². The second-order valence-corrected chi connectivity index (χ2v) is 4.49. The minimum atomic E-state index is 0.436. The van der Waals surface area contributed by atoms with Crippen LogP contribution in [0, 0.1) is 0 Å². The highest BCUT2D eigenvalue weighted by atomic mass is 32.1. The molecular formula is C10H14N4O2S. The SMILES string of the molecule is CCc1nnc(NCc2cc(COC)on2)s1. The number of methoxy groups -OCH3 is 1. The Hall–Kier alpha value is -1.47. The predicted molar refractivity (Wildman–Crippen MR) is 63.8 cm³/mol. The Balaban J connectivity index is 1.88. The molecule has 2 rings (SSSR count). The quantitative estimate of drug-likeness (QED) is 0.848. The van der Waals surface area contributed by atoms with Crippen molar-refractivity contribution >= 4 is 16.5 Å². The molecule has 0 aliphatic heterocycles. The van der Waals surface area contributed by atoms with E-state index in [4.69, 9.17) is 9.26 Å². The van der Waals surface area contributed by atoms with E-state index in [9.17, 15) is 0 Å². The number of aryl methyl sites for hydroxylation is 1. The molecule has 2 aromatic heterocycles. The minimum Gasteiger partial charge on any atom is -0.377 e. The van der Waals surface area contributed by atoms with Gasteiger partial charge in [0, 0.05) is 13.2 Å². The molecule has 2 aromatic rings. The van der Waals surface area contributed by atoms with Gasteiger partial charge in [-0.2, -0.15) is 0 Å². The van der Waals surface area contributed by atoms with Gasteiger partial charge in [-0.15, -0.1) is 10.2 Å². The van der Waals surface area contributed by atoms with Gasteiger partial charge >= 0.3 is 0 Å². The van der Waals surface area contributed by atoms with Gasteiger partial charge in [0.15, 0.2) is 5.76 Å². The Kier molecular flexibility index (Phi) is 4.05. The third-order valence-electron chi connectivity index (χ3n) is 2.08. The van der Waals surface area contributed by atoms with Crippen molar-refractivity contribution < 1.29 is 9.26 Å². The summed E-state index contributed by atoms with van der Waals surface area (Å²) >= 11 is 1.55. The molecule has 0 aromatic carbocycles. The van der Waals surface area contributed by atoms with Gasteiger partial charge in [-0.25, -0.2) is 0 Å². The van der Waals surface area contributed by atoms with E-state index in [1.807, 2.05) is 6.07 Å². The number of anilines is 1. The summed E-state index contributed by atoms with van der Waals surface area (Å²) in [4.78, 5) is 0.